The molecule has 140 valence electrons. The van der Waals surface area contributed by atoms with E-state index in [2.05, 4.69) is 10.3 Å². The third-order valence-electron chi connectivity index (χ3n) is 3.65. The molecule has 3 aromatic rings. The number of rotatable bonds is 4. The highest BCUT2D eigenvalue weighted by atomic mass is 32.2. The highest BCUT2D eigenvalue weighted by molar-refractivity contribution is 8.13. The number of hydrogen-bond donors (Lipinski definition) is 1. The molecule has 6 nitrogen and oxygen atoms in total. The maximum Gasteiger partial charge on any atom is 0.286 e. The first kappa shape index (κ1) is 19.2. The summed E-state index contributed by atoms with van der Waals surface area (Å²) in [6.07, 6.45) is 0. The van der Waals surface area contributed by atoms with Gasteiger partial charge in [-0.3, -0.25) is 9.59 Å². The molecule has 2 amide bonds. The molecule has 0 fully saturated rings. The summed E-state index contributed by atoms with van der Waals surface area (Å²) in [4.78, 5) is 31.9. The number of anilines is 1. The van der Waals surface area contributed by atoms with E-state index in [0.29, 0.717) is 31.9 Å². The summed E-state index contributed by atoms with van der Waals surface area (Å²) in [5.74, 6) is 1.18. The molecule has 0 bridgehead atoms. The molecule has 1 N–H and O–H groups in total. The first-order valence-corrected chi connectivity index (χ1v) is 9.82. The van der Waals surface area contributed by atoms with Crippen LogP contribution in [0.1, 0.15) is 21.1 Å². The van der Waals surface area contributed by atoms with Gasteiger partial charge < -0.3 is 14.6 Å². The van der Waals surface area contributed by atoms with E-state index in [1.807, 2.05) is 31.2 Å². The highest BCUT2D eigenvalue weighted by Crippen LogP contribution is 2.32. The van der Waals surface area contributed by atoms with Gasteiger partial charge in [0, 0.05) is 19.0 Å². The number of nitrogens with one attached hydrogen (secondary N) is 1. The third kappa shape index (κ3) is 4.40. The molecule has 0 saturated heterocycles. The van der Waals surface area contributed by atoms with Gasteiger partial charge in [-0.25, -0.2) is 4.98 Å². The Kier molecular flexibility index (Phi) is 5.67. The van der Waals surface area contributed by atoms with Gasteiger partial charge in [0.15, 0.2) is 10.8 Å². The van der Waals surface area contributed by atoms with Crippen molar-refractivity contribution in [3.8, 4) is 10.8 Å². The van der Waals surface area contributed by atoms with Crippen molar-refractivity contribution in [3.63, 3.8) is 0 Å². The second kappa shape index (κ2) is 7.98. The van der Waals surface area contributed by atoms with Crippen LogP contribution in [0.4, 0.5) is 10.5 Å². The topological polar surface area (TPSA) is 75.4 Å². The van der Waals surface area contributed by atoms with Gasteiger partial charge in [-0.1, -0.05) is 12.1 Å². The van der Waals surface area contributed by atoms with Crippen LogP contribution in [0.25, 0.3) is 10.8 Å². The summed E-state index contributed by atoms with van der Waals surface area (Å²) in [6, 6.07) is 10.9. The van der Waals surface area contributed by atoms with Crippen LogP contribution < -0.4 is 5.32 Å². The Morgan fingerprint density at radius 3 is 2.56 bits per heavy atom. The molecule has 1 aromatic carbocycles. The lowest BCUT2D eigenvalue weighted by Crippen LogP contribution is -2.17. The molecule has 2 aromatic heterocycles. The fraction of sp³-hybridized carbons (Fsp3) is 0.211. The van der Waals surface area contributed by atoms with Crippen molar-refractivity contribution in [2.75, 3.05) is 19.4 Å². The fourth-order valence-electron chi connectivity index (χ4n) is 2.29. The van der Waals surface area contributed by atoms with E-state index >= 15 is 0 Å². The van der Waals surface area contributed by atoms with Gasteiger partial charge in [0.25, 0.3) is 11.1 Å². The van der Waals surface area contributed by atoms with Gasteiger partial charge in [-0.15, -0.1) is 11.3 Å². The molecule has 0 radical (unpaired) electrons. The SMILES string of the molecule is Cc1ccc(-c2nc(C)c(C(=O)Nc3ccccc3SC(=O)N(C)C)s2)o1. The van der Waals surface area contributed by atoms with E-state index in [0.717, 1.165) is 17.5 Å². The number of hydrogen-bond acceptors (Lipinski definition) is 6. The first-order valence-electron chi connectivity index (χ1n) is 8.19. The maximum atomic E-state index is 12.8. The molecule has 0 aliphatic heterocycles. The van der Waals surface area contributed by atoms with Crippen molar-refractivity contribution in [3.05, 3.63) is 52.7 Å². The van der Waals surface area contributed by atoms with Crippen LogP contribution >= 0.6 is 23.1 Å². The van der Waals surface area contributed by atoms with E-state index in [1.165, 1.54) is 16.2 Å². The number of carbonyl (C=O) groups is 2. The number of amides is 2. The third-order valence-corrected chi connectivity index (χ3v) is 5.94. The van der Waals surface area contributed by atoms with E-state index in [-0.39, 0.29) is 11.1 Å². The van der Waals surface area contributed by atoms with Gasteiger partial charge in [0.1, 0.15) is 10.6 Å². The zero-order chi connectivity index (χ0) is 19.6. The summed E-state index contributed by atoms with van der Waals surface area (Å²) in [7, 11) is 3.38. The lowest BCUT2D eigenvalue weighted by atomic mass is 10.3. The Hall–Kier alpha value is -2.58. The molecular formula is C19H19N3O3S2. The molecule has 0 spiro atoms. The van der Waals surface area contributed by atoms with Gasteiger partial charge in [-0.05, 0) is 49.9 Å². The standard InChI is InChI=1S/C19H19N3O3S2/c1-11-9-10-14(25-11)18-20-12(2)16(27-18)17(23)21-13-7-5-6-8-15(13)26-19(24)22(3)4/h5-10H,1-4H3,(H,21,23). The number of benzene rings is 1. The average Bonchev–Trinajstić information content (AvgIpc) is 3.22. The molecule has 0 saturated carbocycles. The smallest absolute Gasteiger partial charge is 0.286 e. The fourth-order valence-corrected chi connectivity index (χ4v) is 3.95. The number of carbonyl (C=O) groups excluding carboxylic acids is 2. The van der Waals surface area contributed by atoms with Gasteiger partial charge >= 0.3 is 0 Å². The van der Waals surface area contributed by atoms with E-state index < -0.39 is 0 Å². The van der Waals surface area contributed by atoms with Crippen LogP contribution in [0.3, 0.4) is 0 Å². The van der Waals surface area contributed by atoms with Crippen molar-refractivity contribution >= 4 is 39.9 Å². The summed E-state index contributed by atoms with van der Waals surface area (Å²) in [6.45, 7) is 3.65. The quantitative estimate of drug-likeness (QED) is 0.620. The van der Waals surface area contributed by atoms with Gasteiger partial charge in [0.2, 0.25) is 0 Å². The molecule has 3 rings (SSSR count). The Balaban J connectivity index is 1.82. The lowest BCUT2D eigenvalue weighted by molar-refractivity contribution is 0.102. The average molecular weight is 402 g/mol. The minimum atomic E-state index is -0.259. The molecule has 8 heteroatoms. The van der Waals surface area contributed by atoms with E-state index in [4.69, 9.17) is 4.42 Å². The Morgan fingerprint density at radius 2 is 1.89 bits per heavy atom. The molecule has 0 aliphatic rings. The normalized spacial score (nSPS) is 10.7. The van der Waals surface area contributed by atoms with Crippen molar-refractivity contribution in [1.29, 1.82) is 0 Å². The van der Waals surface area contributed by atoms with Gasteiger partial charge in [-0.2, -0.15) is 0 Å². The molecular weight excluding hydrogens is 382 g/mol. The number of nitrogens with zero attached hydrogens (tertiary/aromatic N) is 2. The largest absolute Gasteiger partial charge is 0.459 e. The van der Waals surface area contributed by atoms with Crippen molar-refractivity contribution < 1.29 is 14.0 Å². The zero-order valence-corrected chi connectivity index (χ0v) is 17.0. The number of furan rings is 1. The Labute approximate surface area is 165 Å². The van der Waals surface area contributed by atoms with Crippen LogP contribution in [0.15, 0.2) is 45.7 Å². The number of thiazole rings is 1. The lowest BCUT2D eigenvalue weighted by Gasteiger charge is -2.12. The first-order chi connectivity index (χ1) is 12.8. The highest BCUT2D eigenvalue weighted by Gasteiger charge is 2.19. The van der Waals surface area contributed by atoms with E-state index in [1.54, 1.807) is 33.2 Å². The molecule has 27 heavy (non-hydrogen) atoms. The number of aromatic nitrogens is 1. The predicted molar refractivity (Wildman–Crippen MR) is 109 cm³/mol. The molecule has 0 aliphatic carbocycles. The van der Waals surface area contributed by atoms with Crippen molar-refractivity contribution in [1.82, 2.24) is 9.88 Å². The van der Waals surface area contributed by atoms with Crippen LogP contribution in [-0.4, -0.2) is 35.1 Å². The van der Waals surface area contributed by atoms with Crippen LogP contribution in [-0.2, 0) is 0 Å². The van der Waals surface area contributed by atoms with Crippen LogP contribution in [0, 0.1) is 13.8 Å². The van der Waals surface area contributed by atoms with Crippen LogP contribution in [0.2, 0.25) is 0 Å². The second-order valence-corrected chi connectivity index (χ2v) is 8.05. The number of thioether (sulfide) groups is 1. The Morgan fingerprint density at radius 1 is 1.15 bits per heavy atom. The van der Waals surface area contributed by atoms with Crippen LogP contribution in [0.5, 0.6) is 0 Å². The van der Waals surface area contributed by atoms with E-state index in [9.17, 15) is 9.59 Å². The molecule has 2 heterocycles. The summed E-state index contributed by atoms with van der Waals surface area (Å²) in [5.41, 5.74) is 1.22. The molecule has 0 atom stereocenters. The minimum absolute atomic E-state index is 0.110. The summed E-state index contributed by atoms with van der Waals surface area (Å²) in [5, 5.41) is 3.44. The maximum absolute atomic E-state index is 12.8. The monoisotopic (exact) mass is 401 g/mol. The summed E-state index contributed by atoms with van der Waals surface area (Å²) < 4.78 is 5.59. The van der Waals surface area contributed by atoms with Crippen molar-refractivity contribution in [2.24, 2.45) is 0 Å². The number of aryl methyl sites for hydroxylation is 2. The zero-order valence-electron chi connectivity index (χ0n) is 15.4. The number of para-hydroxylation sites is 1. The Bertz CT molecular complexity index is 992. The predicted octanol–water partition coefficient (Wildman–Crippen LogP) is 5.05. The summed E-state index contributed by atoms with van der Waals surface area (Å²) >= 11 is 2.35. The van der Waals surface area contributed by atoms with Crippen molar-refractivity contribution in [2.45, 2.75) is 18.7 Å². The minimum Gasteiger partial charge on any atom is -0.459 e. The second-order valence-electron chi connectivity index (χ2n) is 6.06. The molecule has 0 unspecified atom stereocenters. The van der Waals surface area contributed by atoms with Gasteiger partial charge in [0.05, 0.1) is 11.4 Å².